The number of aromatic nitrogens is 2. The van der Waals surface area contributed by atoms with Crippen LogP contribution in [-0.4, -0.2) is 17.6 Å². The van der Waals surface area contributed by atoms with Crippen LogP contribution in [0.3, 0.4) is 0 Å². The van der Waals surface area contributed by atoms with E-state index < -0.39 is 10.0 Å². The van der Waals surface area contributed by atoms with Gasteiger partial charge in [-0.05, 0) is 36.4 Å². The molecule has 1 aromatic heterocycles. The van der Waals surface area contributed by atoms with Crippen molar-refractivity contribution in [1.82, 2.24) is 9.19 Å². The molecule has 3 rings (SSSR count). The average molecular weight is 413 g/mol. The van der Waals surface area contributed by atoms with Crippen LogP contribution in [0.2, 0.25) is 5.02 Å². The fourth-order valence-electron chi connectivity index (χ4n) is 2.04. The van der Waals surface area contributed by atoms with Crippen LogP contribution in [0, 0.1) is 0 Å². The molecule has 0 fully saturated rings. The van der Waals surface area contributed by atoms with E-state index in [1.807, 2.05) is 0 Å². The number of nitrogens with zero attached hydrogens (tertiary/aromatic N) is 2. The van der Waals surface area contributed by atoms with E-state index >= 15 is 0 Å². The van der Waals surface area contributed by atoms with Crippen molar-refractivity contribution >= 4 is 43.4 Å². The summed E-state index contributed by atoms with van der Waals surface area (Å²) in [5, 5.41) is 4.72. The van der Waals surface area contributed by atoms with Crippen molar-refractivity contribution < 1.29 is 8.42 Å². The molecule has 0 saturated carbocycles. The molecule has 0 aliphatic heterocycles. The second kappa shape index (κ2) is 5.99. The molecule has 0 amide bonds. The summed E-state index contributed by atoms with van der Waals surface area (Å²) in [4.78, 5) is 0.109. The van der Waals surface area contributed by atoms with Crippen molar-refractivity contribution in [1.29, 1.82) is 0 Å². The molecule has 0 unspecified atom stereocenters. The van der Waals surface area contributed by atoms with Crippen LogP contribution in [-0.2, 0) is 10.0 Å². The summed E-state index contributed by atoms with van der Waals surface area (Å²) in [6, 6.07) is 14.7. The predicted molar refractivity (Wildman–Crippen MR) is 93.8 cm³/mol. The van der Waals surface area contributed by atoms with Crippen molar-refractivity contribution in [3.8, 4) is 11.3 Å². The highest BCUT2D eigenvalue weighted by molar-refractivity contribution is 9.10. The lowest BCUT2D eigenvalue weighted by Crippen LogP contribution is -2.16. The second-order valence-electron chi connectivity index (χ2n) is 4.76. The molecule has 2 N–H and O–H groups in total. The zero-order valence-electron chi connectivity index (χ0n) is 11.6. The first kappa shape index (κ1) is 16.0. The lowest BCUT2D eigenvalue weighted by molar-refractivity contribution is 0.581. The first-order chi connectivity index (χ1) is 10.9. The Morgan fingerprint density at radius 3 is 2.26 bits per heavy atom. The third-order valence-electron chi connectivity index (χ3n) is 3.18. The van der Waals surface area contributed by atoms with E-state index in [1.54, 1.807) is 36.4 Å². The first-order valence-electron chi connectivity index (χ1n) is 6.50. The Morgan fingerprint density at radius 2 is 1.65 bits per heavy atom. The van der Waals surface area contributed by atoms with Crippen LogP contribution < -0.4 is 5.73 Å². The zero-order chi connectivity index (χ0) is 16.6. The van der Waals surface area contributed by atoms with Crippen LogP contribution in [0.4, 0.5) is 5.82 Å². The Balaban J connectivity index is 2.07. The third-order valence-corrected chi connectivity index (χ3v) is 5.58. The van der Waals surface area contributed by atoms with E-state index in [2.05, 4.69) is 21.0 Å². The van der Waals surface area contributed by atoms with Gasteiger partial charge in [0.05, 0.1) is 10.6 Å². The molecule has 1 heterocycles. The number of halogens is 2. The molecule has 0 aliphatic rings. The fourth-order valence-corrected chi connectivity index (χ4v) is 3.64. The van der Waals surface area contributed by atoms with Gasteiger partial charge in [0, 0.05) is 21.1 Å². The van der Waals surface area contributed by atoms with Crippen LogP contribution in [0.15, 0.2) is 64.0 Å². The molecule has 0 atom stereocenters. The SMILES string of the molecule is Nc1cc(-c2ccc(Cl)cc2)nn1S(=O)(=O)c1ccc(Br)cc1. The van der Waals surface area contributed by atoms with Gasteiger partial charge in [-0.25, -0.2) is 0 Å². The molecule has 118 valence electrons. The quantitative estimate of drug-likeness (QED) is 0.710. The smallest absolute Gasteiger partial charge is 0.284 e. The van der Waals surface area contributed by atoms with Crippen LogP contribution in [0.5, 0.6) is 0 Å². The Morgan fingerprint density at radius 1 is 1.04 bits per heavy atom. The average Bonchev–Trinajstić information content (AvgIpc) is 2.91. The van der Waals surface area contributed by atoms with E-state index in [9.17, 15) is 8.42 Å². The largest absolute Gasteiger partial charge is 0.383 e. The molecular formula is C15H11BrClN3O2S. The fraction of sp³-hybridized carbons (Fsp3) is 0. The highest BCUT2D eigenvalue weighted by Crippen LogP contribution is 2.25. The van der Waals surface area contributed by atoms with Gasteiger partial charge in [0.2, 0.25) is 0 Å². The summed E-state index contributed by atoms with van der Waals surface area (Å²) in [5.41, 5.74) is 7.03. The summed E-state index contributed by atoms with van der Waals surface area (Å²) in [6.07, 6.45) is 0. The Bertz CT molecular complexity index is 951. The van der Waals surface area contributed by atoms with Gasteiger partial charge < -0.3 is 5.73 Å². The lowest BCUT2D eigenvalue weighted by atomic mass is 10.1. The number of hydrogen-bond donors (Lipinski definition) is 1. The minimum Gasteiger partial charge on any atom is -0.383 e. The van der Waals surface area contributed by atoms with Crippen LogP contribution in [0.1, 0.15) is 0 Å². The van der Waals surface area contributed by atoms with Gasteiger partial charge in [-0.3, -0.25) is 0 Å². The van der Waals surface area contributed by atoms with Gasteiger partial charge in [-0.15, -0.1) is 4.09 Å². The molecular weight excluding hydrogens is 402 g/mol. The summed E-state index contributed by atoms with van der Waals surface area (Å²) in [6.45, 7) is 0. The highest BCUT2D eigenvalue weighted by atomic mass is 79.9. The van der Waals surface area contributed by atoms with Gasteiger partial charge in [0.25, 0.3) is 10.0 Å². The Labute approximate surface area is 146 Å². The van der Waals surface area contributed by atoms with Gasteiger partial charge in [-0.1, -0.05) is 39.7 Å². The topological polar surface area (TPSA) is 78.0 Å². The van der Waals surface area contributed by atoms with E-state index in [4.69, 9.17) is 17.3 Å². The van der Waals surface area contributed by atoms with Crippen LogP contribution in [0.25, 0.3) is 11.3 Å². The molecule has 0 aliphatic carbocycles. The monoisotopic (exact) mass is 411 g/mol. The molecule has 2 aromatic carbocycles. The summed E-state index contributed by atoms with van der Waals surface area (Å²) < 4.78 is 26.9. The van der Waals surface area contributed by atoms with Crippen molar-refractivity contribution in [3.63, 3.8) is 0 Å². The summed E-state index contributed by atoms with van der Waals surface area (Å²) in [7, 11) is -3.85. The Hall–Kier alpha value is -1.83. The molecule has 23 heavy (non-hydrogen) atoms. The van der Waals surface area contributed by atoms with E-state index in [0.29, 0.717) is 10.7 Å². The molecule has 0 radical (unpaired) electrons. The van der Waals surface area contributed by atoms with Gasteiger partial charge in [0.1, 0.15) is 5.82 Å². The molecule has 0 bridgehead atoms. The van der Waals surface area contributed by atoms with Crippen molar-refractivity contribution in [2.75, 3.05) is 5.73 Å². The van der Waals surface area contributed by atoms with Gasteiger partial charge in [-0.2, -0.15) is 13.5 Å². The van der Waals surface area contributed by atoms with Crippen molar-refractivity contribution in [3.05, 3.63) is 64.1 Å². The van der Waals surface area contributed by atoms with Gasteiger partial charge in [0.15, 0.2) is 0 Å². The van der Waals surface area contributed by atoms with E-state index in [-0.39, 0.29) is 10.7 Å². The normalized spacial score (nSPS) is 11.6. The Kier molecular flexibility index (Phi) is 4.18. The third kappa shape index (κ3) is 3.12. The maximum Gasteiger partial charge on any atom is 0.284 e. The predicted octanol–water partition coefficient (Wildman–Crippen LogP) is 3.79. The van der Waals surface area contributed by atoms with Crippen molar-refractivity contribution in [2.24, 2.45) is 0 Å². The number of hydrogen-bond acceptors (Lipinski definition) is 4. The first-order valence-corrected chi connectivity index (χ1v) is 9.11. The summed E-state index contributed by atoms with van der Waals surface area (Å²) in [5.74, 6) is 0.0397. The molecule has 3 aromatic rings. The number of nitrogen functional groups attached to an aromatic ring is 1. The maximum atomic E-state index is 12.6. The molecule has 8 heteroatoms. The molecule has 5 nitrogen and oxygen atoms in total. The minimum atomic E-state index is -3.85. The number of anilines is 1. The number of benzene rings is 2. The minimum absolute atomic E-state index is 0.0397. The summed E-state index contributed by atoms with van der Waals surface area (Å²) >= 11 is 9.12. The van der Waals surface area contributed by atoms with E-state index in [1.165, 1.54) is 18.2 Å². The van der Waals surface area contributed by atoms with E-state index in [0.717, 1.165) is 14.1 Å². The highest BCUT2D eigenvalue weighted by Gasteiger charge is 2.21. The van der Waals surface area contributed by atoms with Crippen LogP contribution >= 0.6 is 27.5 Å². The number of nitrogens with two attached hydrogens (primary N) is 1. The second-order valence-corrected chi connectivity index (χ2v) is 7.88. The maximum absolute atomic E-state index is 12.6. The number of rotatable bonds is 3. The molecule has 0 saturated heterocycles. The lowest BCUT2D eigenvalue weighted by Gasteiger charge is -2.06. The van der Waals surface area contributed by atoms with Gasteiger partial charge >= 0.3 is 0 Å². The zero-order valence-corrected chi connectivity index (χ0v) is 14.8. The van der Waals surface area contributed by atoms with Crippen molar-refractivity contribution in [2.45, 2.75) is 4.90 Å². The standard InChI is InChI=1S/C15H11BrClN3O2S/c16-11-3-7-13(8-4-11)23(21,22)20-15(18)9-14(19-20)10-1-5-12(17)6-2-10/h1-9H,18H2. The molecule has 0 spiro atoms.